The lowest BCUT2D eigenvalue weighted by atomic mass is 10.3. The lowest BCUT2D eigenvalue weighted by Gasteiger charge is -2.06. The first kappa shape index (κ1) is 9.03. The molecular formula is C10H11BrO2. The highest BCUT2D eigenvalue weighted by molar-refractivity contribution is 9.10. The van der Waals surface area contributed by atoms with Gasteiger partial charge in [0.1, 0.15) is 11.9 Å². The Hall–Kier alpha value is -0.540. The first-order valence-electron chi connectivity index (χ1n) is 4.33. The summed E-state index contributed by atoms with van der Waals surface area (Å²) in [5.41, 5.74) is 0. The normalized spacial score (nSPS) is 25.7. The van der Waals surface area contributed by atoms with Gasteiger partial charge in [0.25, 0.3) is 0 Å². The number of benzene rings is 1. The molecule has 1 saturated carbocycles. The average Bonchev–Trinajstić information content (AvgIpc) is 2.88. The van der Waals surface area contributed by atoms with Gasteiger partial charge in [0.05, 0.1) is 4.47 Å². The molecule has 0 spiro atoms. The van der Waals surface area contributed by atoms with E-state index in [0.29, 0.717) is 5.92 Å². The highest BCUT2D eigenvalue weighted by Gasteiger charge is 2.39. The van der Waals surface area contributed by atoms with Crippen molar-refractivity contribution in [1.82, 2.24) is 0 Å². The van der Waals surface area contributed by atoms with Crippen molar-refractivity contribution in [3.05, 3.63) is 28.7 Å². The fraction of sp³-hybridized carbons (Fsp3) is 0.400. The molecule has 3 heteroatoms. The summed E-state index contributed by atoms with van der Waals surface area (Å²) in [6.45, 7) is 0.231. The minimum atomic E-state index is 0.212. The number of halogens is 1. The predicted octanol–water partition coefficient (Wildman–Crippen LogP) is 2.21. The molecule has 2 atom stereocenters. The first-order chi connectivity index (χ1) is 6.31. The van der Waals surface area contributed by atoms with Crippen LogP contribution in [0.15, 0.2) is 28.7 Å². The molecule has 1 aliphatic rings. The van der Waals surface area contributed by atoms with Crippen molar-refractivity contribution in [2.75, 3.05) is 6.61 Å². The van der Waals surface area contributed by atoms with Crippen molar-refractivity contribution < 1.29 is 9.84 Å². The lowest BCUT2D eigenvalue weighted by Crippen LogP contribution is -2.02. The maximum Gasteiger partial charge on any atom is 0.133 e. The molecule has 1 fully saturated rings. The summed E-state index contributed by atoms with van der Waals surface area (Å²) in [6.07, 6.45) is 1.18. The van der Waals surface area contributed by atoms with E-state index in [9.17, 15) is 0 Å². The molecule has 2 unspecified atom stereocenters. The summed E-state index contributed by atoms with van der Waals surface area (Å²) in [7, 11) is 0. The maximum atomic E-state index is 8.83. The standard InChI is InChI=1S/C10H11BrO2/c11-8-3-1-2-4-9(8)13-10-5-7(10)6-12/h1-4,7,10,12H,5-6H2. The minimum absolute atomic E-state index is 0.212. The molecule has 70 valence electrons. The molecule has 1 aromatic carbocycles. The SMILES string of the molecule is OCC1CC1Oc1ccccc1Br. The zero-order valence-corrected chi connectivity index (χ0v) is 8.70. The van der Waals surface area contributed by atoms with Gasteiger partial charge in [0, 0.05) is 12.5 Å². The molecule has 0 saturated heterocycles. The van der Waals surface area contributed by atoms with Crippen LogP contribution in [-0.2, 0) is 0 Å². The number of ether oxygens (including phenoxy) is 1. The molecule has 0 amide bonds. The van der Waals surface area contributed by atoms with E-state index in [-0.39, 0.29) is 12.7 Å². The Morgan fingerprint density at radius 1 is 1.46 bits per heavy atom. The van der Waals surface area contributed by atoms with Gasteiger partial charge in [-0.15, -0.1) is 0 Å². The van der Waals surface area contributed by atoms with Crippen LogP contribution in [0.2, 0.25) is 0 Å². The second-order valence-corrected chi connectivity index (χ2v) is 4.12. The molecule has 0 radical (unpaired) electrons. The maximum absolute atomic E-state index is 8.83. The summed E-state index contributed by atoms with van der Waals surface area (Å²) in [4.78, 5) is 0. The van der Waals surface area contributed by atoms with E-state index in [2.05, 4.69) is 15.9 Å². The number of aliphatic hydroxyl groups excluding tert-OH is 1. The average molecular weight is 243 g/mol. The molecule has 0 aromatic heterocycles. The number of para-hydroxylation sites is 1. The Morgan fingerprint density at radius 3 is 2.85 bits per heavy atom. The van der Waals surface area contributed by atoms with E-state index < -0.39 is 0 Å². The van der Waals surface area contributed by atoms with Crippen molar-refractivity contribution in [2.45, 2.75) is 12.5 Å². The van der Waals surface area contributed by atoms with Crippen molar-refractivity contribution in [3.8, 4) is 5.75 Å². The summed E-state index contributed by atoms with van der Waals surface area (Å²) < 4.78 is 6.62. The molecule has 2 rings (SSSR count). The zero-order chi connectivity index (χ0) is 9.26. The fourth-order valence-electron chi connectivity index (χ4n) is 1.26. The number of hydrogen-bond acceptors (Lipinski definition) is 2. The Morgan fingerprint density at radius 2 is 2.23 bits per heavy atom. The van der Waals surface area contributed by atoms with Crippen LogP contribution < -0.4 is 4.74 Å². The van der Waals surface area contributed by atoms with Gasteiger partial charge in [0.15, 0.2) is 0 Å². The third-order valence-corrected chi connectivity index (χ3v) is 2.86. The molecule has 1 N–H and O–H groups in total. The highest BCUT2D eigenvalue weighted by atomic mass is 79.9. The van der Waals surface area contributed by atoms with Crippen LogP contribution in [0, 0.1) is 5.92 Å². The Balaban J connectivity index is 1.99. The molecule has 1 aliphatic carbocycles. The van der Waals surface area contributed by atoms with Gasteiger partial charge >= 0.3 is 0 Å². The third-order valence-electron chi connectivity index (χ3n) is 2.21. The minimum Gasteiger partial charge on any atom is -0.489 e. The topological polar surface area (TPSA) is 29.5 Å². The number of aliphatic hydroxyl groups is 1. The van der Waals surface area contributed by atoms with Gasteiger partial charge in [-0.3, -0.25) is 0 Å². The molecule has 0 bridgehead atoms. The summed E-state index contributed by atoms with van der Waals surface area (Å²) >= 11 is 3.41. The van der Waals surface area contributed by atoms with E-state index in [1.54, 1.807) is 0 Å². The molecule has 1 aromatic rings. The Bertz CT molecular complexity index is 301. The summed E-state index contributed by atoms with van der Waals surface area (Å²) in [5, 5.41) is 8.83. The van der Waals surface area contributed by atoms with Gasteiger partial charge in [0.2, 0.25) is 0 Å². The van der Waals surface area contributed by atoms with E-state index in [4.69, 9.17) is 9.84 Å². The van der Waals surface area contributed by atoms with E-state index in [1.807, 2.05) is 24.3 Å². The van der Waals surface area contributed by atoms with Gasteiger partial charge < -0.3 is 9.84 Å². The molecule has 2 nitrogen and oxygen atoms in total. The third kappa shape index (κ3) is 2.03. The number of hydrogen-bond donors (Lipinski definition) is 1. The fourth-order valence-corrected chi connectivity index (χ4v) is 1.64. The summed E-state index contributed by atoms with van der Waals surface area (Å²) in [6, 6.07) is 7.77. The molecular weight excluding hydrogens is 232 g/mol. The van der Waals surface area contributed by atoms with E-state index >= 15 is 0 Å². The van der Waals surface area contributed by atoms with Crippen LogP contribution in [0.1, 0.15) is 6.42 Å². The van der Waals surface area contributed by atoms with Crippen LogP contribution >= 0.6 is 15.9 Å². The van der Waals surface area contributed by atoms with Crippen LogP contribution in [0.4, 0.5) is 0 Å². The predicted molar refractivity (Wildman–Crippen MR) is 53.8 cm³/mol. The van der Waals surface area contributed by atoms with Crippen LogP contribution in [0.5, 0.6) is 5.75 Å². The van der Waals surface area contributed by atoms with Gasteiger partial charge in [-0.2, -0.15) is 0 Å². The summed E-state index contributed by atoms with van der Waals surface area (Å²) in [5.74, 6) is 1.20. The highest BCUT2D eigenvalue weighted by Crippen LogP contribution is 2.36. The van der Waals surface area contributed by atoms with E-state index in [1.165, 1.54) is 0 Å². The molecule has 13 heavy (non-hydrogen) atoms. The zero-order valence-electron chi connectivity index (χ0n) is 7.11. The van der Waals surface area contributed by atoms with Gasteiger partial charge in [-0.05, 0) is 34.5 Å². The Labute approximate surface area is 85.7 Å². The van der Waals surface area contributed by atoms with Crippen LogP contribution in [0.3, 0.4) is 0 Å². The van der Waals surface area contributed by atoms with Crippen molar-refractivity contribution in [1.29, 1.82) is 0 Å². The van der Waals surface area contributed by atoms with Gasteiger partial charge in [-0.1, -0.05) is 12.1 Å². The first-order valence-corrected chi connectivity index (χ1v) is 5.12. The Kier molecular flexibility index (Phi) is 2.56. The largest absolute Gasteiger partial charge is 0.489 e. The molecule has 0 heterocycles. The van der Waals surface area contributed by atoms with Gasteiger partial charge in [-0.25, -0.2) is 0 Å². The monoisotopic (exact) mass is 242 g/mol. The van der Waals surface area contributed by atoms with Crippen LogP contribution in [0.25, 0.3) is 0 Å². The van der Waals surface area contributed by atoms with Crippen molar-refractivity contribution >= 4 is 15.9 Å². The van der Waals surface area contributed by atoms with Crippen molar-refractivity contribution in [3.63, 3.8) is 0 Å². The van der Waals surface area contributed by atoms with Crippen molar-refractivity contribution in [2.24, 2.45) is 5.92 Å². The lowest BCUT2D eigenvalue weighted by molar-refractivity contribution is 0.224. The van der Waals surface area contributed by atoms with E-state index in [0.717, 1.165) is 16.6 Å². The molecule has 0 aliphatic heterocycles. The van der Waals surface area contributed by atoms with Crippen LogP contribution in [-0.4, -0.2) is 17.8 Å². The quantitative estimate of drug-likeness (QED) is 0.881. The number of rotatable bonds is 3. The second-order valence-electron chi connectivity index (χ2n) is 3.27. The second kappa shape index (κ2) is 3.68. The smallest absolute Gasteiger partial charge is 0.133 e.